The number of hydrogen-bond donors (Lipinski definition) is 0. The fourth-order valence-electron chi connectivity index (χ4n) is 4.21. The van der Waals surface area contributed by atoms with Gasteiger partial charge in [0.25, 0.3) is 0 Å². The van der Waals surface area contributed by atoms with Crippen LogP contribution in [0.1, 0.15) is 43.7 Å². The molecule has 1 aliphatic rings. The molecule has 0 heterocycles. The predicted octanol–water partition coefficient (Wildman–Crippen LogP) is 3.68. The summed E-state index contributed by atoms with van der Waals surface area (Å²) in [5.41, 5.74) is 2.47. The van der Waals surface area contributed by atoms with Crippen molar-refractivity contribution in [2.45, 2.75) is 45.4 Å². The first kappa shape index (κ1) is 26.7. The SMILES string of the molecule is COCCOCC(COCCc1ccc(CCOC)cc1)C(=O)C1CCC(C(C)=O)CC1. The molecule has 180 valence electrons. The largest absolute Gasteiger partial charge is 0.384 e. The van der Waals surface area contributed by atoms with E-state index in [4.69, 9.17) is 18.9 Å². The quantitative estimate of drug-likeness (QED) is 0.359. The number of ether oxygens (including phenoxy) is 4. The highest BCUT2D eigenvalue weighted by molar-refractivity contribution is 5.84. The summed E-state index contributed by atoms with van der Waals surface area (Å²) in [6.45, 7) is 4.63. The first-order chi connectivity index (χ1) is 15.5. The van der Waals surface area contributed by atoms with Crippen LogP contribution < -0.4 is 0 Å². The second-order valence-electron chi connectivity index (χ2n) is 8.71. The zero-order valence-electron chi connectivity index (χ0n) is 20.0. The third-order valence-corrected chi connectivity index (χ3v) is 6.33. The van der Waals surface area contributed by atoms with Crippen molar-refractivity contribution < 1.29 is 28.5 Å². The molecule has 0 amide bonds. The van der Waals surface area contributed by atoms with Crippen LogP contribution >= 0.6 is 0 Å². The molecule has 2 rings (SSSR count). The minimum Gasteiger partial charge on any atom is -0.384 e. The number of methoxy groups -OCH3 is 2. The summed E-state index contributed by atoms with van der Waals surface area (Å²) in [4.78, 5) is 24.8. The summed E-state index contributed by atoms with van der Waals surface area (Å²) in [5.74, 6) is 0.303. The van der Waals surface area contributed by atoms with E-state index in [1.54, 1.807) is 21.1 Å². The lowest BCUT2D eigenvalue weighted by atomic mass is 9.76. The Hall–Kier alpha value is -1.60. The van der Waals surface area contributed by atoms with Crippen LogP contribution in [0.5, 0.6) is 0 Å². The van der Waals surface area contributed by atoms with E-state index in [0.29, 0.717) is 33.0 Å². The van der Waals surface area contributed by atoms with Gasteiger partial charge in [0, 0.05) is 26.1 Å². The number of ketones is 2. The Bertz CT molecular complexity index is 663. The molecule has 6 nitrogen and oxygen atoms in total. The fraction of sp³-hybridized carbons (Fsp3) is 0.692. The van der Waals surface area contributed by atoms with Crippen LogP contribution in [0, 0.1) is 17.8 Å². The topological polar surface area (TPSA) is 71.1 Å². The maximum atomic E-state index is 13.1. The summed E-state index contributed by atoms with van der Waals surface area (Å²) in [5, 5.41) is 0. The molecule has 0 spiro atoms. The third-order valence-electron chi connectivity index (χ3n) is 6.33. The van der Waals surface area contributed by atoms with E-state index < -0.39 is 0 Å². The van der Waals surface area contributed by atoms with Crippen LogP contribution in [-0.4, -0.2) is 65.4 Å². The van der Waals surface area contributed by atoms with E-state index in [2.05, 4.69) is 24.3 Å². The van der Waals surface area contributed by atoms with Gasteiger partial charge in [0.05, 0.1) is 45.6 Å². The second-order valence-corrected chi connectivity index (χ2v) is 8.71. The molecule has 1 unspecified atom stereocenters. The molecule has 1 saturated carbocycles. The van der Waals surface area contributed by atoms with Crippen molar-refractivity contribution in [2.75, 3.05) is 53.9 Å². The minimum absolute atomic E-state index is 0.00451. The number of Topliss-reactive ketones (excluding diaryl/α,β-unsaturated/α-hetero) is 2. The van der Waals surface area contributed by atoms with Crippen molar-refractivity contribution in [3.8, 4) is 0 Å². The zero-order chi connectivity index (χ0) is 23.2. The van der Waals surface area contributed by atoms with Gasteiger partial charge in [0.15, 0.2) is 0 Å². The van der Waals surface area contributed by atoms with Gasteiger partial charge >= 0.3 is 0 Å². The van der Waals surface area contributed by atoms with E-state index in [-0.39, 0.29) is 29.3 Å². The standard InChI is InChI=1S/C26H40O6/c1-20(27)23-8-10-24(11-9-23)26(28)25(19-32-17-16-30-3)18-31-15-13-22-6-4-21(5-7-22)12-14-29-2/h4-7,23-25H,8-19H2,1-3H3. The summed E-state index contributed by atoms with van der Waals surface area (Å²) < 4.78 is 21.7. The van der Waals surface area contributed by atoms with Crippen LogP contribution in [0.25, 0.3) is 0 Å². The molecule has 1 atom stereocenters. The molecule has 32 heavy (non-hydrogen) atoms. The Morgan fingerprint density at radius 2 is 1.28 bits per heavy atom. The van der Waals surface area contributed by atoms with Gasteiger partial charge in [0.2, 0.25) is 0 Å². The molecule has 0 aliphatic heterocycles. The zero-order valence-corrected chi connectivity index (χ0v) is 20.0. The smallest absolute Gasteiger partial charge is 0.143 e. The Balaban J connectivity index is 1.80. The second kappa shape index (κ2) is 15.3. The van der Waals surface area contributed by atoms with Crippen molar-refractivity contribution in [2.24, 2.45) is 17.8 Å². The van der Waals surface area contributed by atoms with Crippen molar-refractivity contribution in [1.29, 1.82) is 0 Å². The number of hydrogen-bond acceptors (Lipinski definition) is 6. The molecule has 1 aromatic rings. The van der Waals surface area contributed by atoms with Crippen molar-refractivity contribution in [3.05, 3.63) is 35.4 Å². The molecule has 0 radical (unpaired) electrons. The highest BCUT2D eigenvalue weighted by Gasteiger charge is 2.32. The van der Waals surface area contributed by atoms with Crippen molar-refractivity contribution in [3.63, 3.8) is 0 Å². The van der Waals surface area contributed by atoms with E-state index in [0.717, 1.165) is 45.1 Å². The Morgan fingerprint density at radius 3 is 1.81 bits per heavy atom. The Labute approximate surface area is 193 Å². The van der Waals surface area contributed by atoms with Crippen LogP contribution in [0.3, 0.4) is 0 Å². The van der Waals surface area contributed by atoms with Gasteiger partial charge in [-0.05, 0) is 56.6 Å². The molecule has 0 aromatic heterocycles. The van der Waals surface area contributed by atoms with Crippen molar-refractivity contribution >= 4 is 11.6 Å². The fourth-order valence-corrected chi connectivity index (χ4v) is 4.21. The van der Waals surface area contributed by atoms with E-state index in [1.165, 1.54) is 11.1 Å². The molecule has 0 saturated heterocycles. The number of benzene rings is 1. The van der Waals surface area contributed by atoms with Gasteiger partial charge in [-0.25, -0.2) is 0 Å². The molecule has 1 aromatic carbocycles. The molecular formula is C26H40O6. The first-order valence-corrected chi connectivity index (χ1v) is 11.8. The average Bonchev–Trinajstić information content (AvgIpc) is 2.82. The van der Waals surface area contributed by atoms with E-state index in [9.17, 15) is 9.59 Å². The number of carbonyl (C=O) groups excluding carboxylic acids is 2. The maximum Gasteiger partial charge on any atom is 0.143 e. The number of carbonyl (C=O) groups is 2. The normalized spacial score (nSPS) is 19.6. The average molecular weight is 449 g/mol. The van der Waals surface area contributed by atoms with Crippen LogP contribution in [0.15, 0.2) is 24.3 Å². The lowest BCUT2D eigenvalue weighted by molar-refractivity contribution is -0.134. The van der Waals surface area contributed by atoms with Crippen LogP contribution in [0.2, 0.25) is 0 Å². The van der Waals surface area contributed by atoms with Gasteiger partial charge in [0.1, 0.15) is 11.6 Å². The summed E-state index contributed by atoms with van der Waals surface area (Å²) in [6, 6.07) is 8.50. The van der Waals surface area contributed by atoms with Crippen molar-refractivity contribution in [1.82, 2.24) is 0 Å². The molecule has 0 bridgehead atoms. The van der Waals surface area contributed by atoms with Crippen LogP contribution in [-0.2, 0) is 41.4 Å². The third kappa shape index (κ3) is 9.49. The summed E-state index contributed by atoms with van der Waals surface area (Å²) in [7, 11) is 3.34. The predicted molar refractivity (Wildman–Crippen MR) is 124 cm³/mol. The Kier molecular flexibility index (Phi) is 12.7. The van der Waals surface area contributed by atoms with Gasteiger partial charge in [-0.3, -0.25) is 9.59 Å². The highest BCUT2D eigenvalue weighted by atomic mass is 16.5. The molecule has 1 aliphatic carbocycles. The van der Waals surface area contributed by atoms with E-state index in [1.807, 2.05) is 0 Å². The van der Waals surface area contributed by atoms with Gasteiger partial charge in [-0.2, -0.15) is 0 Å². The monoisotopic (exact) mass is 448 g/mol. The Morgan fingerprint density at radius 1 is 0.781 bits per heavy atom. The molecule has 0 N–H and O–H groups in total. The highest BCUT2D eigenvalue weighted by Crippen LogP contribution is 2.31. The van der Waals surface area contributed by atoms with Crippen LogP contribution in [0.4, 0.5) is 0 Å². The van der Waals surface area contributed by atoms with Gasteiger partial charge < -0.3 is 18.9 Å². The number of rotatable bonds is 16. The summed E-state index contributed by atoms with van der Waals surface area (Å²) >= 11 is 0. The summed E-state index contributed by atoms with van der Waals surface area (Å²) in [6.07, 6.45) is 4.91. The van der Waals surface area contributed by atoms with E-state index >= 15 is 0 Å². The lowest BCUT2D eigenvalue weighted by Crippen LogP contribution is -2.34. The minimum atomic E-state index is -0.276. The molecule has 6 heteroatoms. The molecule has 1 fully saturated rings. The first-order valence-electron chi connectivity index (χ1n) is 11.8. The molecular weight excluding hydrogens is 408 g/mol. The maximum absolute atomic E-state index is 13.1. The lowest BCUT2D eigenvalue weighted by Gasteiger charge is -2.28. The van der Waals surface area contributed by atoms with Gasteiger partial charge in [-0.15, -0.1) is 0 Å². The van der Waals surface area contributed by atoms with Gasteiger partial charge in [-0.1, -0.05) is 24.3 Å².